The lowest BCUT2D eigenvalue weighted by molar-refractivity contribution is -0.115. The van der Waals surface area contributed by atoms with Gasteiger partial charge in [0, 0.05) is 17.8 Å². The van der Waals surface area contributed by atoms with E-state index in [0.717, 1.165) is 59.7 Å². The number of pyridine rings is 1. The quantitative estimate of drug-likeness (QED) is 0.705. The maximum Gasteiger partial charge on any atom is 0.255 e. The second-order valence-electron chi connectivity index (χ2n) is 7.47. The van der Waals surface area contributed by atoms with Gasteiger partial charge in [0.25, 0.3) is 5.91 Å². The number of ether oxygens (including phenoxy) is 2. The molecule has 1 aliphatic heterocycles. The number of benzene rings is 1. The fraction of sp³-hybridized carbons (Fsp3) is 0.391. The van der Waals surface area contributed by atoms with Crippen LogP contribution < -0.4 is 14.4 Å². The zero-order chi connectivity index (χ0) is 19.5. The lowest BCUT2D eigenvalue weighted by Gasteiger charge is -2.34. The second-order valence-corrected chi connectivity index (χ2v) is 7.47. The number of rotatable bonds is 4. The van der Waals surface area contributed by atoms with Crippen LogP contribution in [0, 0.1) is 0 Å². The largest absolute Gasteiger partial charge is 0.454 e. The number of amides is 1. The van der Waals surface area contributed by atoms with Gasteiger partial charge in [0.05, 0.1) is 0 Å². The monoisotopic (exact) mass is 378 g/mol. The van der Waals surface area contributed by atoms with Gasteiger partial charge in [0.2, 0.25) is 6.79 Å². The lowest BCUT2D eigenvalue weighted by Crippen LogP contribution is -2.42. The van der Waals surface area contributed by atoms with E-state index in [9.17, 15) is 4.79 Å². The van der Waals surface area contributed by atoms with Crippen LogP contribution in [0.4, 0.5) is 5.82 Å². The van der Waals surface area contributed by atoms with E-state index in [0.29, 0.717) is 0 Å². The Hall–Kier alpha value is -2.82. The molecule has 1 aliphatic carbocycles. The Balaban J connectivity index is 1.68. The summed E-state index contributed by atoms with van der Waals surface area (Å²) >= 11 is 0. The highest BCUT2D eigenvalue weighted by atomic mass is 16.7. The van der Waals surface area contributed by atoms with Gasteiger partial charge in [-0.3, -0.25) is 9.69 Å². The van der Waals surface area contributed by atoms with Crippen molar-refractivity contribution in [3.05, 3.63) is 53.7 Å². The number of anilines is 1. The van der Waals surface area contributed by atoms with Crippen LogP contribution in [0.25, 0.3) is 5.57 Å². The summed E-state index contributed by atoms with van der Waals surface area (Å²) in [5.41, 5.74) is 2.65. The van der Waals surface area contributed by atoms with E-state index in [2.05, 4.69) is 4.98 Å². The van der Waals surface area contributed by atoms with Crippen LogP contribution in [0.15, 0.2) is 48.2 Å². The zero-order valence-electron chi connectivity index (χ0n) is 16.5. The van der Waals surface area contributed by atoms with E-state index in [1.807, 2.05) is 55.1 Å². The molecule has 2 aliphatic rings. The number of allylic oxidation sites excluding steroid dienone is 1. The Morgan fingerprint density at radius 1 is 1.04 bits per heavy atom. The molecule has 0 atom stereocenters. The molecule has 5 nitrogen and oxygen atoms in total. The molecule has 1 aromatic heterocycles. The number of hydrogen-bond donors (Lipinski definition) is 0. The third-order valence-electron chi connectivity index (χ3n) is 5.74. The molecule has 2 aromatic rings. The molecule has 1 fully saturated rings. The molecule has 0 radical (unpaired) electrons. The summed E-state index contributed by atoms with van der Waals surface area (Å²) < 4.78 is 10.9. The summed E-state index contributed by atoms with van der Waals surface area (Å²) in [5, 5.41) is 0. The maximum atomic E-state index is 13.6. The van der Waals surface area contributed by atoms with Crippen LogP contribution in [0.3, 0.4) is 0 Å². The minimum Gasteiger partial charge on any atom is -0.454 e. The molecular weight excluding hydrogens is 352 g/mol. The van der Waals surface area contributed by atoms with E-state index in [4.69, 9.17) is 9.47 Å². The molecule has 4 rings (SSSR count). The predicted molar refractivity (Wildman–Crippen MR) is 109 cm³/mol. The highest BCUT2D eigenvalue weighted by molar-refractivity contribution is 6.09. The van der Waals surface area contributed by atoms with Gasteiger partial charge < -0.3 is 9.47 Å². The van der Waals surface area contributed by atoms with Crippen LogP contribution in [0.2, 0.25) is 0 Å². The summed E-state index contributed by atoms with van der Waals surface area (Å²) in [6, 6.07) is 11.8. The van der Waals surface area contributed by atoms with Gasteiger partial charge in [0.1, 0.15) is 5.82 Å². The normalized spacial score (nSPS) is 17.2. The van der Waals surface area contributed by atoms with E-state index in [1.54, 1.807) is 6.20 Å². The number of fused-ring (bicyclic) bond motifs is 1. The average Bonchev–Trinajstić information content (AvgIpc) is 3.22. The number of nitrogens with zero attached hydrogens (tertiary/aromatic N) is 2. The zero-order valence-corrected chi connectivity index (χ0v) is 16.5. The number of aromatic nitrogens is 1. The molecule has 5 heteroatoms. The van der Waals surface area contributed by atoms with Gasteiger partial charge in [-0.15, -0.1) is 0 Å². The molecule has 0 N–H and O–H groups in total. The Kier molecular flexibility index (Phi) is 5.33. The Morgan fingerprint density at radius 2 is 1.82 bits per heavy atom. The van der Waals surface area contributed by atoms with Crippen molar-refractivity contribution in [2.75, 3.05) is 11.7 Å². The van der Waals surface area contributed by atoms with Gasteiger partial charge in [0.15, 0.2) is 11.5 Å². The molecule has 1 aromatic carbocycles. The first kappa shape index (κ1) is 18.5. The Bertz CT molecular complexity index is 886. The molecule has 0 unspecified atom stereocenters. The van der Waals surface area contributed by atoms with Crippen molar-refractivity contribution in [2.45, 2.75) is 52.0 Å². The minimum absolute atomic E-state index is 0.0285. The van der Waals surface area contributed by atoms with Gasteiger partial charge in [-0.25, -0.2) is 4.98 Å². The smallest absolute Gasteiger partial charge is 0.255 e. The number of hydrogen-bond acceptors (Lipinski definition) is 4. The topological polar surface area (TPSA) is 51.7 Å². The van der Waals surface area contributed by atoms with Gasteiger partial charge in [-0.1, -0.05) is 31.4 Å². The van der Waals surface area contributed by atoms with Crippen molar-refractivity contribution >= 4 is 17.3 Å². The van der Waals surface area contributed by atoms with E-state index >= 15 is 0 Å². The summed E-state index contributed by atoms with van der Waals surface area (Å²) in [5.74, 6) is 2.24. The number of carbonyl (C=O) groups is 1. The van der Waals surface area contributed by atoms with Crippen molar-refractivity contribution in [1.82, 2.24) is 4.98 Å². The van der Waals surface area contributed by atoms with Gasteiger partial charge in [-0.2, -0.15) is 0 Å². The summed E-state index contributed by atoms with van der Waals surface area (Å²) in [7, 11) is 0. The summed E-state index contributed by atoms with van der Waals surface area (Å²) in [6.07, 6.45) is 7.36. The predicted octanol–water partition coefficient (Wildman–Crippen LogP) is 4.97. The van der Waals surface area contributed by atoms with E-state index < -0.39 is 0 Å². The van der Waals surface area contributed by atoms with Crippen molar-refractivity contribution in [1.29, 1.82) is 0 Å². The van der Waals surface area contributed by atoms with Crippen LogP contribution in [-0.4, -0.2) is 23.7 Å². The van der Waals surface area contributed by atoms with Crippen molar-refractivity contribution < 1.29 is 14.3 Å². The molecule has 2 heterocycles. The standard InChI is InChI=1S/C23H26N2O3/c1-16(18-11-12-20-21(14-18)28-15-27-20)17(2)23(26)25(19-8-4-3-5-9-19)22-10-6-7-13-24-22/h6-7,10-14,19H,3-5,8-9,15H2,1-2H3/b17-16+. The summed E-state index contributed by atoms with van der Waals surface area (Å²) in [4.78, 5) is 20.0. The molecule has 0 saturated heterocycles. The SMILES string of the molecule is C/C(C(=O)N(c1ccccn1)C1CCCCC1)=C(/C)c1ccc2c(c1)OCO2. The van der Waals surface area contributed by atoms with Crippen LogP contribution >= 0.6 is 0 Å². The van der Waals surface area contributed by atoms with Gasteiger partial charge >= 0.3 is 0 Å². The Morgan fingerprint density at radius 3 is 2.57 bits per heavy atom. The van der Waals surface area contributed by atoms with Crippen LogP contribution in [0.5, 0.6) is 11.5 Å². The summed E-state index contributed by atoms with van der Waals surface area (Å²) in [6.45, 7) is 4.14. The first-order chi connectivity index (χ1) is 13.6. The van der Waals surface area contributed by atoms with Crippen molar-refractivity contribution in [3.8, 4) is 11.5 Å². The second kappa shape index (κ2) is 8.05. The highest BCUT2D eigenvalue weighted by Crippen LogP contribution is 2.35. The lowest BCUT2D eigenvalue weighted by atomic mass is 9.93. The maximum absolute atomic E-state index is 13.6. The molecule has 28 heavy (non-hydrogen) atoms. The van der Waals surface area contributed by atoms with E-state index in [-0.39, 0.29) is 18.7 Å². The van der Waals surface area contributed by atoms with Gasteiger partial charge in [-0.05, 0) is 62.1 Å². The number of carbonyl (C=O) groups excluding carboxylic acids is 1. The molecule has 0 spiro atoms. The molecular formula is C23H26N2O3. The molecule has 0 bridgehead atoms. The first-order valence-corrected chi connectivity index (χ1v) is 9.97. The third-order valence-corrected chi connectivity index (χ3v) is 5.74. The third kappa shape index (κ3) is 3.61. The molecule has 146 valence electrons. The van der Waals surface area contributed by atoms with Crippen molar-refractivity contribution in [2.24, 2.45) is 0 Å². The van der Waals surface area contributed by atoms with Crippen LogP contribution in [0.1, 0.15) is 51.5 Å². The minimum atomic E-state index is 0.0285. The fourth-order valence-electron chi connectivity index (χ4n) is 3.98. The highest BCUT2D eigenvalue weighted by Gasteiger charge is 2.29. The fourth-order valence-corrected chi connectivity index (χ4v) is 3.98. The first-order valence-electron chi connectivity index (χ1n) is 9.97. The Labute approximate surface area is 166 Å². The molecule has 1 saturated carbocycles. The average molecular weight is 378 g/mol. The molecule has 1 amide bonds. The van der Waals surface area contributed by atoms with E-state index in [1.165, 1.54) is 6.42 Å². The van der Waals surface area contributed by atoms with Crippen LogP contribution in [-0.2, 0) is 4.79 Å². The van der Waals surface area contributed by atoms with Crippen molar-refractivity contribution in [3.63, 3.8) is 0 Å².